The van der Waals surface area contributed by atoms with E-state index in [9.17, 15) is 4.79 Å². The van der Waals surface area contributed by atoms with Gasteiger partial charge < -0.3 is 4.90 Å². The van der Waals surface area contributed by atoms with Gasteiger partial charge in [-0.05, 0) is 47.7 Å². The third-order valence-corrected chi connectivity index (χ3v) is 5.43. The fourth-order valence-electron chi connectivity index (χ4n) is 3.21. The Morgan fingerprint density at radius 2 is 1.54 bits per heavy atom. The van der Waals surface area contributed by atoms with Crippen molar-refractivity contribution in [3.05, 3.63) is 96.1 Å². The quantitative estimate of drug-likeness (QED) is 0.683. The van der Waals surface area contributed by atoms with E-state index >= 15 is 0 Å². The molecule has 1 N–H and O–H groups in total. The fraction of sp³-hybridized carbons (Fsp3) is 0.136. The molecule has 4 rings (SSSR count). The highest BCUT2D eigenvalue weighted by atomic mass is 32.2. The van der Waals surface area contributed by atoms with Crippen molar-refractivity contribution in [2.45, 2.75) is 23.9 Å². The number of carbonyl (C=O) groups excluding carboxylic acids is 1. The standard InChI is InChI=1S/C22H20N2OS/c25-22-20(23-26-19-12-5-2-6-13-19)15-18-11-7-8-14-21(18)24(22)16-17-9-3-1-4-10-17/h1-14,20,23H,15-16H2. The van der Waals surface area contributed by atoms with Gasteiger partial charge in [0, 0.05) is 10.6 Å². The summed E-state index contributed by atoms with van der Waals surface area (Å²) in [5.41, 5.74) is 3.35. The zero-order chi connectivity index (χ0) is 17.8. The molecular formula is C22H20N2OS. The number of fused-ring (bicyclic) bond motifs is 1. The number of carbonyl (C=O) groups is 1. The van der Waals surface area contributed by atoms with E-state index in [1.807, 2.05) is 71.6 Å². The van der Waals surface area contributed by atoms with Crippen molar-refractivity contribution in [2.24, 2.45) is 0 Å². The average molecular weight is 360 g/mol. The van der Waals surface area contributed by atoms with Gasteiger partial charge in [-0.1, -0.05) is 66.7 Å². The van der Waals surface area contributed by atoms with E-state index in [0.29, 0.717) is 13.0 Å². The Hall–Kier alpha value is -2.56. The zero-order valence-corrected chi connectivity index (χ0v) is 15.2. The summed E-state index contributed by atoms with van der Waals surface area (Å²) in [6, 6.07) is 28.2. The van der Waals surface area contributed by atoms with Crippen LogP contribution in [0.3, 0.4) is 0 Å². The molecule has 0 aliphatic carbocycles. The Morgan fingerprint density at radius 1 is 0.885 bits per heavy atom. The summed E-state index contributed by atoms with van der Waals surface area (Å²) in [6.45, 7) is 0.588. The van der Waals surface area contributed by atoms with E-state index in [-0.39, 0.29) is 11.9 Å². The maximum Gasteiger partial charge on any atom is 0.245 e. The summed E-state index contributed by atoms with van der Waals surface area (Å²) in [7, 11) is 0. The number of nitrogens with zero attached hydrogens (tertiary/aromatic N) is 1. The van der Waals surface area contributed by atoms with Crippen LogP contribution in [0.15, 0.2) is 89.8 Å². The number of para-hydroxylation sites is 1. The van der Waals surface area contributed by atoms with Crippen molar-refractivity contribution >= 4 is 23.5 Å². The van der Waals surface area contributed by atoms with Crippen LogP contribution in [0.2, 0.25) is 0 Å². The van der Waals surface area contributed by atoms with Gasteiger partial charge in [0.05, 0.1) is 6.54 Å². The van der Waals surface area contributed by atoms with Gasteiger partial charge in [-0.3, -0.25) is 4.79 Å². The van der Waals surface area contributed by atoms with Crippen LogP contribution in [0.5, 0.6) is 0 Å². The van der Waals surface area contributed by atoms with E-state index in [4.69, 9.17) is 0 Å². The first-order valence-corrected chi connectivity index (χ1v) is 9.53. The number of rotatable bonds is 5. The maximum absolute atomic E-state index is 13.2. The lowest BCUT2D eigenvalue weighted by atomic mass is 9.97. The molecule has 0 saturated heterocycles. The van der Waals surface area contributed by atoms with Crippen LogP contribution in [-0.4, -0.2) is 11.9 Å². The van der Waals surface area contributed by atoms with Crippen LogP contribution in [0.1, 0.15) is 11.1 Å². The smallest absolute Gasteiger partial charge is 0.245 e. The molecule has 0 radical (unpaired) electrons. The largest absolute Gasteiger partial charge is 0.306 e. The van der Waals surface area contributed by atoms with Gasteiger partial charge in [0.1, 0.15) is 6.04 Å². The van der Waals surface area contributed by atoms with Crippen molar-refractivity contribution in [2.75, 3.05) is 4.90 Å². The molecule has 0 bridgehead atoms. The topological polar surface area (TPSA) is 32.3 Å². The first-order chi connectivity index (χ1) is 12.8. The SMILES string of the molecule is O=C1C(NSc2ccccc2)Cc2ccccc2N1Cc1ccccc1. The second-order valence-electron chi connectivity index (χ2n) is 6.33. The number of nitrogens with one attached hydrogen (secondary N) is 1. The highest BCUT2D eigenvalue weighted by Gasteiger charge is 2.32. The summed E-state index contributed by atoms with van der Waals surface area (Å²) in [6.07, 6.45) is 0.708. The lowest BCUT2D eigenvalue weighted by molar-refractivity contribution is -0.120. The molecule has 1 atom stereocenters. The van der Waals surface area contributed by atoms with Crippen molar-refractivity contribution in [3.8, 4) is 0 Å². The molecule has 1 aliphatic heterocycles. The van der Waals surface area contributed by atoms with Gasteiger partial charge in [-0.2, -0.15) is 0 Å². The molecule has 1 unspecified atom stereocenters. The highest BCUT2D eigenvalue weighted by molar-refractivity contribution is 7.97. The summed E-state index contributed by atoms with van der Waals surface area (Å²) in [5.74, 6) is 0.121. The summed E-state index contributed by atoms with van der Waals surface area (Å²) < 4.78 is 3.37. The first kappa shape index (κ1) is 16.9. The maximum atomic E-state index is 13.2. The minimum absolute atomic E-state index is 0.121. The Morgan fingerprint density at radius 3 is 2.31 bits per heavy atom. The fourth-order valence-corrected chi connectivity index (χ4v) is 3.97. The highest BCUT2D eigenvalue weighted by Crippen LogP contribution is 2.30. The lowest BCUT2D eigenvalue weighted by Crippen LogP contribution is -2.49. The van der Waals surface area contributed by atoms with Crippen LogP contribution in [0, 0.1) is 0 Å². The minimum Gasteiger partial charge on any atom is -0.306 e. The van der Waals surface area contributed by atoms with Crippen LogP contribution in [0.4, 0.5) is 5.69 Å². The molecule has 4 heteroatoms. The number of hydrogen-bond acceptors (Lipinski definition) is 3. The summed E-state index contributed by atoms with van der Waals surface area (Å²) >= 11 is 1.52. The van der Waals surface area contributed by atoms with E-state index < -0.39 is 0 Å². The molecule has 26 heavy (non-hydrogen) atoms. The molecule has 130 valence electrons. The van der Waals surface area contributed by atoms with Crippen molar-refractivity contribution in [1.82, 2.24) is 4.72 Å². The molecule has 3 nitrogen and oxygen atoms in total. The van der Waals surface area contributed by atoms with E-state index in [2.05, 4.69) is 22.9 Å². The third kappa shape index (κ3) is 3.66. The number of anilines is 1. The first-order valence-electron chi connectivity index (χ1n) is 8.72. The van der Waals surface area contributed by atoms with Crippen LogP contribution >= 0.6 is 11.9 Å². The molecule has 1 aliphatic rings. The predicted octanol–water partition coefficient (Wildman–Crippen LogP) is 4.44. The van der Waals surface area contributed by atoms with Crippen molar-refractivity contribution in [1.29, 1.82) is 0 Å². The second kappa shape index (κ2) is 7.77. The molecule has 1 heterocycles. The van der Waals surface area contributed by atoms with Gasteiger partial charge in [0.25, 0.3) is 0 Å². The zero-order valence-electron chi connectivity index (χ0n) is 14.3. The van der Waals surface area contributed by atoms with Gasteiger partial charge in [-0.25, -0.2) is 4.72 Å². The monoisotopic (exact) mass is 360 g/mol. The Labute approximate surface area is 158 Å². The van der Waals surface area contributed by atoms with Gasteiger partial charge in [0.15, 0.2) is 0 Å². The molecule has 0 aromatic heterocycles. The van der Waals surface area contributed by atoms with E-state index in [0.717, 1.165) is 16.1 Å². The third-order valence-electron chi connectivity index (χ3n) is 4.52. The Kier molecular flexibility index (Phi) is 5.04. The van der Waals surface area contributed by atoms with Crippen molar-refractivity contribution in [3.63, 3.8) is 0 Å². The van der Waals surface area contributed by atoms with Gasteiger partial charge in [0.2, 0.25) is 5.91 Å². The van der Waals surface area contributed by atoms with Gasteiger partial charge >= 0.3 is 0 Å². The molecule has 0 spiro atoms. The van der Waals surface area contributed by atoms with Crippen LogP contribution < -0.4 is 9.62 Å². The Bertz CT molecular complexity index is 883. The lowest BCUT2D eigenvalue weighted by Gasteiger charge is -2.34. The molecule has 0 saturated carbocycles. The number of hydrogen-bond donors (Lipinski definition) is 1. The van der Waals surface area contributed by atoms with Crippen LogP contribution in [-0.2, 0) is 17.8 Å². The van der Waals surface area contributed by atoms with Crippen LogP contribution in [0.25, 0.3) is 0 Å². The predicted molar refractivity (Wildman–Crippen MR) is 107 cm³/mol. The molecule has 0 fully saturated rings. The summed E-state index contributed by atoms with van der Waals surface area (Å²) in [4.78, 5) is 16.2. The molecule has 3 aromatic rings. The normalized spacial score (nSPS) is 16.4. The van der Waals surface area contributed by atoms with Crippen molar-refractivity contribution < 1.29 is 4.79 Å². The number of amides is 1. The Balaban J connectivity index is 1.57. The van der Waals surface area contributed by atoms with E-state index in [1.54, 1.807) is 0 Å². The minimum atomic E-state index is -0.237. The molecule has 3 aromatic carbocycles. The number of benzene rings is 3. The van der Waals surface area contributed by atoms with E-state index in [1.165, 1.54) is 17.5 Å². The second-order valence-corrected chi connectivity index (χ2v) is 7.24. The molecule has 1 amide bonds. The van der Waals surface area contributed by atoms with Gasteiger partial charge in [-0.15, -0.1) is 0 Å². The summed E-state index contributed by atoms with van der Waals surface area (Å²) in [5, 5.41) is 0. The average Bonchev–Trinajstić information content (AvgIpc) is 2.70. The molecular weight excluding hydrogens is 340 g/mol.